The van der Waals surface area contributed by atoms with Crippen LogP contribution in [0.1, 0.15) is 16.2 Å². The topological polar surface area (TPSA) is 82.2 Å². The highest BCUT2D eigenvalue weighted by Crippen LogP contribution is 2.34. The van der Waals surface area contributed by atoms with Crippen LogP contribution in [0.5, 0.6) is 0 Å². The van der Waals surface area contributed by atoms with Gasteiger partial charge >= 0.3 is 6.18 Å². The number of H-pyrrole nitrogens is 1. The summed E-state index contributed by atoms with van der Waals surface area (Å²) in [6.45, 7) is 1.94. The third-order valence-electron chi connectivity index (χ3n) is 4.99. The summed E-state index contributed by atoms with van der Waals surface area (Å²) in [5, 5.41) is 0. The van der Waals surface area contributed by atoms with Gasteiger partial charge in [0.25, 0.3) is 5.91 Å². The number of nitrogens with one attached hydrogen (secondary N) is 1. The number of halogens is 3. The number of hydrogen-bond acceptors (Lipinski definition) is 5. The van der Waals surface area contributed by atoms with E-state index in [-0.39, 0.29) is 34.9 Å². The maximum absolute atomic E-state index is 12.8. The van der Waals surface area contributed by atoms with E-state index in [0.717, 1.165) is 12.3 Å². The normalized spacial score (nSPS) is 22.2. The van der Waals surface area contributed by atoms with Crippen LogP contribution in [0, 0.1) is 11.8 Å². The van der Waals surface area contributed by atoms with Crippen LogP contribution in [0.3, 0.4) is 0 Å². The molecule has 0 aromatic carbocycles. The number of anilines is 1. The average Bonchev–Trinajstić information content (AvgIpc) is 3.19. The minimum atomic E-state index is -4.51. The van der Waals surface area contributed by atoms with Crippen LogP contribution in [-0.4, -0.2) is 51.9 Å². The molecule has 4 rings (SSSR count). The molecule has 0 saturated carbocycles. The highest BCUT2D eigenvalue weighted by atomic mass is 19.4. The van der Waals surface area contributed by atoms with E-state index < -0.39 is 11.9 Å². The first-order chi connectivity index (χ1) is 12.8. The second kappa shape index (κ2) is 6.36. The Balaban J connectivity index is 1.44. The molecule has 0 radical (unpaired) electrons. The van der Waals surface area contributed by atoms with Crippen molar-refractivity contribution in [3.05, 3.63) is 52.2 Å². The van der Waals surface area contributed by atoms with Crippen molar-refractivity contribution >= 4 is 11.9 Å². The first-order valence-corrected chi connectivity index (χ1v) is 8.45. The minimum absolute atomic E-state index is 0.0597. The van der Waals surface area contributed by atoms with Crippen molar-refractivity contribution in [3.63, 3.8) is 0 Å². The molecule has 7 nitrogen and oxygen atoms in total. The molecule has 4 heterocycles. The zero-order chi connectivity index (χ0) is 19.2. The average molecular weight is 379 g/mol. The molecular formula is C17H16F3N5O2. The van der Waals surface area contributed by atoms with E-state index in [2.05, 4.69) is 15.0 Å². The second-order valence-corrected chi connectivity index (χ2v) is 6.80. The summed E-state index contributed by atoms with van der Waals surface area (Å²) in [5.74, 6) is 0.0681. The number of alkyl halides is 3. The van der Waals surface area contributed by atoms with Crippen LogP contribution in [0.15, 0.2) is 35.3 Å². The molecule has 2 saturated heterocycles. The number of fused-ring (bicyclic) bond motifs is 1. The van der Waals surface area contributed by atoms with Crippen molar-refractivity contribution in [3.8, 4) is 0 Å². The van der Waals surface area contributed by atoms with Crippen LogP contribution in [-0.2, 0) is 6.18 Å². The minimum Gasteiger partial charge on any atom is -0.340 e. The lowest BCUT2D eigenvalue weighted by Crippen LogP contribution is -2.34. The quantitative estimate of drug-likeness (QED) is 0.853. The Hall–Kier alpha value is -2.91. The molecule has 0 spiro atoms. The Kier molecular flexibility index (Phi) is 4.12. The zero-order valence-electron chi connectivity index (χ0n) is 14.1. The van der Waals surface area contributed by atoms with Gasteiger partial charge in [-0.2, -0.15) is 13.2 Å². The fourth-order valence-corrected chi connectivity index (χ4v) is 3.72. The summed E-state index contributed by atoms with van der Waals surface area (Å²) in [7, 11) is 0. The summed E-state index contributed by atoms with van der Waals surface area (Å²) in [5.41, 5.74) is -1.07. The fraction of sp³-hybridized carbons (Fsp3) is 0.412. The van der Waals surface area contributed by atoms with Gasteiger partial charge in [0.05, 0.1) is 0 Å². The van der Waals surface area contributed by atoms with E-state index in [0.29, 0.717) is 26.2 Å². The number of amides is 1. The molecule has 2 aromatic rings. The van der Waals surface area contributed by atoms with Crippen molar-refractivity contribution in [2.24, 2.45) is 11.8 Å². The molecule has 2 aliphatic rings. The molecule has 1 amide bonds. The monoisotopic (exact) mass is 379 g/mol. The number of carbonyl (C=O) groups is 1. The fourth-order valence-electron chi connectivity index (χ4n) is 3.72. The lowest BCUT2D eigenvalue weighted by molar-refractivity contribution is -0.141. The Morgan fingerprint density at radius 2 is 1.81 bits per heavy atom. The second-order valence-electron chi connectivity index (χ2n) is 6.80. The van der Waals surface area contributed by atoms with Crippen molar-refractivity contribution in [2.45, 2.75) is 6.18 Å². The predicted octanol–water partition coefficient (Wildman–Crippen LogP) is 1.39. The standard InChI is InChI=1S/C17H16F3N5O2/c18-17(19,20)13-4-5-21-16(23-13)25-8-10-6-24(7-11(10)9-25)15(27)12-2-1-3-14(26)22-12/h1-5,10-11H,6-9H2,(H,22,26). The van der Waals surface area contributed by atoms with E-state index in [4.69, 9.17) is 0 Å². The number of likely N-dealkylation sites (tertiary alicyclic amines) is 1. The summed E-state index contributed by atoms with van der Waals surface area (Å²) in [6.07, 6.45) is -3.40. The Bertz CT molecular complexity index is 915. The molecule has 10 heteroatoms. The number of rotatable bonds is 2. The summed E-state index contributed by atoms with van der Waals surface area (Å²) in [4.78, 5) is 37.4. The highest BCUT2D eigenvalue weighted by Gasteiger charge is 2.43. The third kappa shape index (κ3) is 3.38. The van der Waals surface area contributed by atoms with Gasteiger partial charge in [-0.25, -0.2) is 9.97 Å². The lowest BCUT2D eigenvalue weighted by Gasteiger charge is -2.22. The molecule has 2 fully saturated rings. The molecule has 0 bridgehead atoms. The Labute approximate surface area is 151 Å². The molecule has 2 atom stereocenters. The predicted molar refractivity (Wildman–Crippen MR) is 89.2 cm³/mol. The molecular weight excluding hydrogens is 363 g/mol. The van der Waals surface area contributed by atoms with Crippen molar-refractivity contribution in [1.82, 2.24) is 19.9 Å². The van der Waals surface area contributed by atoms with Crippen LogP contribution in [0.4, 0.5) is 19.1 Å². The van der Waals surface area contributed by atoms with Crippen LogP contribution >= 0.6 is 0 Å². The number of nitrogens with zero attached hydrogens (tertiary/aromatic N) is 4. The number of aromatic amines is 1. The van der Waals surface area contributed by atoms with Gasteiger partial charge in [-0.05, 0) is 12.1 Å². The van der Waals surface area contributed by atoms with E-state index in [9.17, 15) is 22.8 Å². The summed E-state index contributed by atoms with van der Waals surface area (Å²) >= 11 is 0. The number of carbonyl (C=O) groups excluding carboxylic acids is 1. The zero-order valence-corrected chi connectivity index (χ0v) is 14.1. The number of hydrogen-bond donors (Lipinski definition) is 1. The maximum Gasteiger partial charge on any atom is 0.433 e. The van der Waals surface area contributed by atoms with E-state index in [1.54, 1.807) is 15.9 Å². The van der Waals surface area contributed by atoms with Gasteiger partial charge < -0.3 is 14.8 Å². The van der Waals surface area contributed by atoms with E-state index in [1.165, 1.54) is 12.1 Å². The molecule has 1 N–H and O–H groups in total. The molecule has 2 unspecified atom stereocenters. The molecule has 2 aliphatic heterocycles. The molecule has 142 valence electrons. The summed E-state index contributed by atoms with van der Waals surface area (Å²) in [6, 6.07) is 5.26. The van der Waals surface area contributed by atoms with Gasteiger partial charge in [0.2, 0.25) is 11.5 Å². The van der Waals surface area contributed by atoms with E-state index in [1.807, 2.05) is 0 Å². The smallest absolute Gasteiger partial charge is 0.340 e. The van der Waals surface area contributed by atoms with Crippen LogP contribution < -0.4 is 10.5 Å². The molecule has 0 aliphatic carbocycles. The van der Waals surface area contributed by atoms with Gasteiger partial charge in [0.1, 0.15) is 11.4 Å². The third-order valence-corrected chi connectivity index (χ3v) is 4.99. The molecule has 2 aromatic heterocycles. The van der Waals surface area contributed by atoms with Crippen molar-refractivity contribution < 1.29 is 18.0 Å². The van der Waals surface area contributed by atoms with Gasteiger partial charge in [-0.1, -0.05) is 6.07 Å². The van der Waals surface area contributed by atoms with Gasteiger partial charge in [0, 0.05) is 50.3 Å². The van der Waals surface area contributed by atoms with Gasteiger partial charge in [-0.15, -0.1) is 0 Å². The van der Waals surface area contributed by atoms with Crippen molar-refractivity contribution in [2.75, 3.05) is 31.1 Å². The van der Waals surface area contributed by atoms with Gasteiger partial charge in [0.15, 0.2) is 0 Å². The van der Waals surface area contributed by atoms with E-state index >= 15 is 0 Å². The largest absolute Gasteiger partial charge is 0.433 e. The first-order valence-electron chi connectivity index (χ1n) is 8.45. The number of aromatic nitrogens is 3. The SMILES string of the molecule is O=C(c1cccc(=O)[nH]1)N1CC2CN(c3nccc(C(F)(F)F)n3)CC2C1. The van der Waals surface area contributed by atoms with Crippen LogP contribution in [0.2, 0.25) is 0 Å². The van der Waals surface area contributed by atoms with Crippen molar-refractivity contribution in [1.29, 1.82) is 0 Å². The highest BCUT2D eigenvalue weighted by molar-refractivity contribution is 5.92. The van der Waals surface area contributed by atoms with Crippen LogP contribution in [0.25, 0.3) is 0 Å². The lowest BCUT2D eigenvalue weighted by atomic mass is 10.0. The Morgan fingerprint density at radius 3 is 2.44 bits per heavy atom. The summed E-state index contributed by atoms with van der Waals surface area (Å²) < 4.78 is 38.5. The first kappa shape index (κ1) is 17.5. The van der Waals surface area contributed by atoms with Gasteiger partial charge in [-0.3, -0.25) is 9.59 Å². The molecule has 27 heavy (non-hydrogen) atoms. The maximum atomic E-state index is 12.8. The number of pyridine rings is 1. The Morgan fingerprint density at radius 1 is 1.11 bits per heavy atom.